The fraction of sp³-hybridized carbons (Fsp3) is 0.0769. The van der Waals surface area contributed by atoms with Crippen molar-refractivity contribution in [2.24, 2.45) is 0 Å². The summed E-state index contributed by atoms with van der Waals surface area (Å²) in [5, 5.41) is 15.3. The zero-order valence-corrected chi connectivity index (χ0v) is 11.0. The molecule has 0 bridgehead atoms. The van der Waals surface area contributed by atoms with Crippen molar-refractivity contribution in [1.29, 1.82) is 0 Å². The summed E-state index contributed by atoms with van der Waals surface area (Å²) in [6.45, 7) is 1.93. The molecule has 0 saturated carbocycles. The van der Waals surface area contributed by atoms with E-state index in [0.717, 1.165) is 5.56 Å². The van der Waals surface area contributed by atoms with E-state index < -0.39 is 6.09 Å². The van der Waals surface area contributed by atoms with E-state index in [4.69, 9.17) is 5.11 Å². The third-order valence-corrected chi connectivity index (χ3v) is 3.30. The number of hydrogen-bond donors (Lipinski definition) is 3. The molecule has 0 saturated heterocycles. The van der Waals surface area contributed by atoms with Gasteiger partial charge in [-0.15, -0.1) is 11.3 Å². The summed E-state index contributed by atoms with van der Waals surface area (Å²) in [5.74, 6) is -0.329. The highest BCUT2D eigenvalue weighted by Crippen LogP contribution is 2.23. The first-order valence-electron chi connectivity index (χ1n) is 5.52. The summed E-state index contributed by atoms with van der Waals surface area (Å²) < 4.78 is 0. The Bertz CT molecular complexity index is 622. The van der Waals surface area contributed by atoms with Crippen molar-refractivity contribution >= 4 is 34.7 Å². The van der Waals surface area contributed by atoms with E-state index in [1.807, 2.05) is 25.1 Å². The molecular weight excluding hydrogens is 264 g/mol. The molecule has 98 valence electrons. The highest BCUT2D eigenvalue weighted by atomic mass is 32.1. The van der Waals surface area contributed by atoms with Crippen molar-refractivity contribution in [1.82, 2.24) is 0 Å². The first kappa shape index (κ1) is 13.1. The van der Waals surface area contributed by atoms with Crippen molar-refractivity contribution in [3.05, 3.63) is 46.2 Å². The standard InChI is InChI=1S/C13H12N2O3S/c1-8-3-2-4-9(7-8)14-12(16)11-10(5-6-19-11)15-13(17)18/h2-7,15H,1H3,(H,14,16)(H,17,18). The molecule has 1 aromatic carbocycles. The van der Waals surface area contributed by atoms with Gasteiger partial charge in [0.25, 0.3) is 5.91 Å². The molecule has 0 atom stereocenters. The van der Waals surface area contributed by atoms with Crippen molar-refractivity contribution < 1.29 is 14.7 Å². The lowest BCUT2D eigenvalue weighted by Crippen LogP contribution is -2.14. The van der Waals surface area contributed by atoms with Gasteiger partial charge < -0.3 is 10.4 Å². The van der Waals surface area contributed by atoms with Crippen LogP contribution >= 0.6 is 11.3 Å². The van der Waals surface area contributed by atoms with Gasteiger partial charge in [-0.2, -0.15) is 0 Å². The molecule has 0 radical (unpaired) electrons. The Balaban J connectivity index is 2.16. The lowest BCUT2D eigenvalue weighted by atomic mass is 10.2. The van der Waals surface area contributed by atoms with Crippen LogP contribution in [0.5, 0.6) is 0 Å². The molecular formula is C13H12N2O3S. The zero-order chi connectivity index (χ0) is 13.8. The Morgan fingerprint density at radius 1 is 1.21 bits per heavy atom. The molecule has 19 heavy (non-hydrogen) atoms. The summed E-state index contributed by atoms with van der Waals surface area (Å²) in [6.07, 6.45) is -1.19. The number of hydrogen-bond acceptors (Lipinski definition) is 3. The van der Waals surface area contributed by atoms with E-state index >= 15 is 0 Å². The van der Waals surface area contributed by atoms with Gasteiger partial charge >= 0.3 is 6.09 Å². The van der Waals surface area contributed by atoms with Crippen molar-refractivity contribution in [2.75, 3.05) is 10.6 Å². The third-order valence-electron chi connectivity index (χ3n) is 2.39. The first-order valence-corrected chi connectivity index (χ1v) is 6.39. The maximum Gasteiger partial charge on any atom is 0.409 e. The summed E-state index contributed by atoms with van der Waals surface area (Å²) in [6, 6.07) is 8.95. The Kier molecular flexibility index (Phi) is 3.82. The van der Waals surface area contributed by atoms with Crippen LogP contribution in [0.25, 0.3) is 0 Å². The van der Waals surface area contributed by atoms with E-state index in [9.17, 15) is 9.59 Å². The lowest BCUT2D eigenvalue weighted by Gasteiger charge is -2.06. The Hall–Kier alpha value is -2.34. The third kappa shape index (κ3) is 3.32. The van der Waals surface area contributed by atoms with Gasteiger partial charge in [0, 0.05) is 5.69 Å². The monoisotopic (exact) mass is 276 g/mol. The predicted octanol–water partition coefficient (Wildman–Crippen LogP) is 3.40. The van der Waals surface area contributed by atoms with Crippen molar-refractivity contribution in [3.63, 3.8) is 0 Å². The van der Waals surface area contributed by atoms with E-state index in [0.29, 0.717) is 16.3 Å². The van der Waals surface area contributed by atoms with Crippen LogP contribution in [0.4, 0.5) is 16.2 Å². The number of thiophene rings is 1. The zero-order valence-electron chi connectivity index (χ0n) is 10.1. The number of carbonyl (C=O) groups excluding carboxylic acids is 1. The molecule has 0 unspecified atom stereocenters. The van der Waals surface area contributed by atoms with E-state index in [1.54, 1.807) is 17.5 Å². The first-order chi connectivity index (χ1) is 9.06. The number of amides is 2. The molecule has 1 aromatic heterocycles. The van der Waals surface area contributed by atoms with Gasteiger partial charge in [0.15, 0.2) is 0 Å². The molecule has 0 spiro atoms. The molecule has 2 rings (SSSR count). The minimum atomic E-state index is -1.19. The lowest BCUT2D eigenvalue weighted by molar-refractivity contribution is 0.103. The highest BCUT2D eigenvalue weighted by molar-refractivity contribution is 7.12. The number of carbonyl (C=O) groups is 2. The van der Waals surface area contributed by atoms with Gasteiger partial charge in [-0.1, -0.05) is 12.1 Å². The molecule has 2 aromatic rings. The van der Waals surface area contributed by atoms with Crippen LogP contribution in [0.3, 0.4) is 0 Å². The fourth-order valence-corrected chi connectivity index (χ4v) is 2.35. The van der Waals surface area contributed by atoms with E-state index in [2.05, 4.69) is 10.6 Å². The van der Waals surface area contributed by atoms with Crippen LogP contribution in [0.1, 0.15) is 15.2 Å². The van der Waals surface area contributed by atoms with E-state index in [-0.39, 0.29) is 5.91 Å². The van der Waals surface area contributed by atoms with Crippen LogP contribution in [-0.2, 0) is 0 Å². The van der Waals surface area contributed by atoms with Gasteiger partial charge in [0.2, 0.25) is 0 Å². The molecule has 6 heteroatoms. The quantitative estimate of drug-likeness (QED) is 0.804. The number of benzene rings is 1. The normalized spacial score (nSPS) is 9.95. The summed E-state index contributed by atoms with van der Waals surface area (Å²) >= 11 is 1.19. The molecule has 0 aliphatic carbocycles. The minimum Gasteiger partial charge on any atom is -0.465 e. The maximum absolute atomic E-state index is 12.1. The van der Waals surface area contributed by atoms with Crippen LogP contribution in [0, 0.1) is 6.92 Å². The van der Waals surface area contributed by atoms with Crippen molar-refractivity contribution in [3.8, 4) is 0 Å². The topological polar surface area (TPSA) is 78.4 Å². The number of anilines is 2. The second kappa shape index (κ2) is 5.53. The average Bonchev–Trinajstić information content (AvgIpc) is 2.76. The van der Waals surface area contributed by atoms with Gasteiger partial charge in [0.05, 0.1) is 5.69 Å². The highest BCUT2D eigenvalue weighted by Gasteiger charge is 2.14. The number of aryl methyl sites for hydroxylation is 1. The van der Waals surface area contributed by atoms with Gasteiger partial charge in [-0.25, -0.2) is 4.79 Å². The SMILES string of the molecule is Cc1cccc(NC(=O)c2sccc2NC(=O)O)c1. The molecule has 3 N–H and O–H groups in total. The number of rotatable bonds is 3. The smallest absolute Gasteiger partial charge is 0.409 e. The van der Waals surface area contributed by atoms with Crippen LogP contribution in [0.2, 0.25) is 0 Å². The molecule has 0 fully saturated rings. The van der Waals surface area contributed by atoms with Crippen LogP contribution < -0.4 is 10.6 Å². The Morgan fingerprint density at radius 2 is 2.00 bits per heavy atom. The Labute approximate surface area is 113 Å². The van der Waals surface area contributed by atoms with Crippen molar-refractivity contribution in [2.45, 2.75) is 6.92 Å². The minimum absolute atomic E-state index is 0.294. The largest absolute Gasteiger partial charge is 0.465 e. The second-order valence-electron chi connectivity index (χ2n) is 3.92. The Morgan fingerprint density at radius 3 is 2.68 bits per heavy atom. The fourth-order valence-electron chi connectivity index (χ4n) is 1.61. The second-order valence-corrected chi connectivity index (χ2v) is 4.83. The summed E-state index contributed by atoms with van der Waals surface area (Å²) in [4.78, 5) is 23.0. The summed E-state index contributed by atoms with van der Waals surface area (Å²) in [7, 11) is 0. The number of nitrogens with one attached hydrogen (secondary N) is 2. The van der Waals surface area contributed by atoms with Gasteiger partial charge in [-0.05, 0) is 36.1 Å². The van der Waals surface area contributed by atoms with Crippen LogP contribution in [-0.4, -0.2) is 17.1 Å². The van der Waals surface area contributed by atoms with Gasteiger partial charge in [-0.3, -0.25) is 10.1 Å². The average molecular weight is 276 g/mol. The molecule has 0 aliphatic rings. The molecule has 1 heterocycles. The van der Waals surface area contributed by atoms with Crippen LogP contribution in [0.15, 0.2) is 35.7 Å². The maximum atomic E-state index is 12.1. The molecule has 2 amide bonds. The predicted molar refractivity (Wildman–Crippen MR) is 75.1 cm³/mol. The molecule has 5 nitrogen and oxygen atoms in total. The summed E-state index contributed by atoms with van der Waals surface area (Å²) in [5.41, 5.74) is 2.01. The van der Waals surface area contributed by atoms with E-state index in [1.165, 1.54) is 11.3 Å². The molecule has 0 aliphatic heterocycles. The number of carboxylic acid groups (broad SMARTS) is 1. The van der Waals surface area contributed by atoms with Gasteiger partial charge in [0.1, 0.15) is 4.88 Å².